The van der Waals surface area contributed by atoms with Crippen molar-refractivity contribution in [3.05, 3.63) is 22.7 Å². The molecule has 4 nitrogen and oxygen atoms in total. The van der Waals surface area contributed by atoms with Crippen LogP contribution in [0.25, 0.3) is 0 Å². The third-order valence-corrected chi connectivity index (χ3v) is 5.33. The number of carbonyl (C=O) groups is 1. The van der Waals surface area contributed by atoms with Gasteiger partial charge in [0.1, 0.15) is 0 Å². The van der Waals surface area contributed by atoms with Gasteiger partial charge in [0.25, 0.3) is 0 Å². The van der Waals surface area contributed by atoms with Crippen LogP contribution in [-0.4, -0.2) is 36.0 Å². The maximum atomic E-state index is 11.5. The standard InChI is InChI=1S/C16H20ClN3O/c17-11-9-13-10(8-16(21)19-13)7-14(11)18-12-4-6-20-5-2-1-3-15(12)20/h7,9,12,15,18H,1-6,8H2,(H,19,21). The molecule has 0 aliphatic carbocycles. The lowest BCUT2D eigenvalue weighted by molar-refractivity contribution is -0.115. The molecule has 1 amide bonds. The Balaban J connectivity index is 1.55. The van der Waals surface area contributed by atoms with Crippen LogP contribution in [0.15, 0.2) is 12.1 Å². The molecular formula is C16H20ClN3O. The molecule has 0 radical (unpaired) electrons. The van der Waals surface area contributed by atoms with E-state index in [2.05, 4.69) is 15.5 Å². The number of halogens is 1. The van der Waals surface area contributed by atoms with E-state index in [0.29, 0.717) is 23.5 Å². The first-order valence-corrected chi connectivity index (χ1v) is 8.21. The van der Waals surface area contributed by atoms with Crippen molar-refractivity contribution in [1.29, 1.82) is 0 Å². The van der Waals surface area contributed by atoms with Gasteiger partial charge in [0.2, 0.25) is 5.91 Å². The second-order valence-corrected chi connectivity index (χ2v) is 6.76. The summed E-state index contributed by atoms with van der Waals surface area (Å²) < 4.78 is 0. The smallest absolute Gasteiger partial charge is 0.228 e. The molecule has 3 heterocycles. The van der Waals surface area contributed by atoms with Gasteiger partial charge in [-0.15, -0.1) is 0 Å². The number of fused-ring (bicyclic) bond motifs is 2. The number of hydrogen-bond acceptors (Lipinski definition) is 3. The highest BCUT2D eigenvalue weighted by Crippen LogP contribution is 2.35. The quantitative estimate of drug-likeness (QED) is 0.883. The summed E-state index contributed by atoms with van der Waals surface area (Å²) in [4.78, 5) is 14.1. The minimum atomic E-state index is 0.0533. The van der Waals surface area contributed by atoms with Crippen molar-refractivity contribution in [2.45, 2.75) is 44.2 Å². The molecule has 2 saturated heterocycles. The number of anilines is 2. The number of nitrogens with zero attached hydrogens (tertiary/aromatic N) is 1. The van der Waals surface area contributed by atoms with Gasteiger partial charge in [-0.1, -0.05) is 18.0 Å². The van der Waals surface area contributed by atoms with Gasteiger partial charge in [0, 0.05) is 24.3 Å². The van der Waals surface area contributed by atoms with Gasteiger partial charge in [-0.3, -0.25) is 9.69 Å². The molecule has 2 atom stereocenters. The van der Waals surface area contributed by atoms with Crippen LogP contribution < -0.4 is 10.6 Å². The summed E-state index contributed by atoms with van der Waals surface area (Å²) in [6, 6.07) is 5.03. The number of piperidine rings is 1. The van der Waals surface area contributed by atoms with Crippen LogP contribution >= 0.6 is 11.6 Å². The first-order valence-electron chi connectivity index (χ1n) is 7.83. The van der Waals surface area contributed by atoms with E-state index >= 15 is 0 Å². The highest BCUT2D eigenvalue weighted by molar-refractivity contribution is 6.33. The maximum Gasteiger partial charge on any atom is 0.228 e. The van der Waals surface area contributed by atoms with E-state index in [9.17, 15) is 4.79 Å². The zero-order valence-corrected chi connectivity index (χ0v) is 12.7. The number of benzene rings is 1. The molecule has 112 valence electrons. The van der Waals surface area contributed by atoms with E-state index in [0.717, 1.165) is 16.9 Å². The van der Waals surface area contributed by atoms with Gasteiger partial charge >= 0.3 is 0 Å². The first-order chi connectivity index (χ1) is 10.2. The van der Waals surface area contributed by atoms with Gasteiger partial charge in [0.15, 0.2) is 0 Å². The van der Waals surface area contributed by atoms with Crippen molar-refractivity contribution in [2.75, 3.05) is 23.7 Å². The zero-order chi connectivity index (χ0) is 14.4. The summed E-state index contributed by atoms with van der Waals surface area (Å²) in [6.07, 6.45) is 5.57. The molecule has 0 spiro atoms. The maximum absolute atomic E-state index is 11.5. The Morgan fingerprint density at radius 1 is 1.24 bits per heavy atom. The van der Waals surface area contributed by atoms with Gasteiger partial charge in [-0.25, -0.2) is 0 Å². The second kappa shape index (κ2) is 5.18. The lowest BCUT2D eigenvalue weighted by atomic mass is 9.98. The van der Waals surface area contributed by atoms with Gasteiger partial charge in [-0.2, -0.15) is 0 Å². The molecule has 0 bridgehead atoms. The van der Waals surface area contributed by atoms with E-state index < -0.39 is 0 Å². The summed E-state index contributed by atoms with van der Waals surface area (Å²) in [5.41, 5.74) is 2.89. The van der Waals surface area contributed by atoms with Crippen LogP contribution in [0.3, 0.4) is 0 Å². The van der Waals surface area contributed by atoms with Crippen molar-refractivity contribution < 1.29 is 4.79 Å². The third-order valence-electron chi connectivity index (χ3n) is 5.01. The van der Waals surface area contributed by atoms with Crippen LogP contribution in [0.5, 0.6) is 0 Å². The van der Waals surface area contributed by atoms with Crippen molar-refractivity contribution in [2.24, 2.45) is 0 Å². The average molecular weight is 306 g/mol. The molecule has 3 aliphatic rings. The molecule has 2 fully saturated rings. The van der Waals surface area contributed by atoms with Crippen molar-refractivity contribution >= 4 is 28.9 Å². The topological polar surface area (TPSA) is 44.4 Å². The van der Waals surface area contributed by atoms with Crippen molar-refractivity contribution in [1.82, 2.24) is 4.90 Å². The molecule has 5 heteroatoms. The van der Waals surface area contributed by atoms with Gasteiger partial charge in [-0.05, 0) is 43.5 Å². The largest absolute Gasteiger partial charge is 0.379 e. The normalized spacial score (nSPS) is 28.1. The van der Waals surface area contributed by atoms with Crippen LogP contribution in [0.1, 0.15) is 31.2 Å². The Bertz CT molecular complexity index is 589. The Kier molecular flexibility index (Phi) is 3.31. The highest BCUT2D eigenvalue weighted by atomic mass is 35.5. The van der Waals surface area contributed by atoms with E-state index in [1.807, 2.05) is 12.1 Å². The molecule has 0 aromatic heterocycles. The Morgan fingerprint density at radius 3 is 3.05 bits per heavy atom. The van der Waals surface area contributed by atoms with Gasteiger partial charge in [0.05, 0.1) is 17.1 Å². The summed E-state index contributed by atoms with van der Waals surface area (Å²) in [6.45, 7) is 2.42. The number of rotatable bonds is 2. The minimum absolute atomic E-state index is 0.0533. The fraction of sp³-hybridized carbons (Fsp3) is 0.562. The molecule has 1 aromatic rings. The van der Waals surface area contributed by atoms with E-state index in [1.54, 1.807) is 0 Å². The summed E-state index contributed by atoms with van der Waals surface area (Å²) in [7, 11) is 0. The highest BCUT2D eigenvalue weighted by Gasteiger charge is 2.35. The zero-order valence-electron chi connectivity index (χ0n) is 12.0. The van der Waals surface area contributed by atoms with Crippen LogP contribution in [-0.2, 0) is 11.2 Å². The predicted octanol–water partition coefficient (Wildman–Crippen LogP) is 2.87. The monoisotopic (exact) mass is 305 g/mol. The average Bonchev–Trinajstić information content (AvgIpc) is 3.02. The molecule has 2 N–H and O–H groups in total. The lowest BCUT2D eigenvalue weighted by Crippen LogP contribution is -2.41. The molecule has 2 unspecified atom stereocenters. The molecule has 3 aliphatic heterocycles. The SMILES string of the molecule is O=C1Cc2cc(NC3CCN4CCCCC34)c(Cl)cc2N1. The van der Waals surface area contributed by atoms with Crippen LogP contribution in [0, 0.1) is 0 Å². The molecular weight excluding hydrogens is 286 g/mol. The lowest BCUT2D eigenvalue weighted by Gasteiger charge is -2.33. The summed E-state index contributed by atoms with van der Waals surface area (Å²) in [5, 5.41) is 7.18. The fourth-order valence-corrected chi connectivity index (χ4v) is 4.19. The van der Waals surface area contributed by atoms with Crippen LogP contribution in [0.4, 0.5) is 11.4 Å². The summed E-state index contributed by atoms with van der Waals surface area (Å²) >= 11 is 6.38. The second-order valence-electron chi connectivity index (χ2n) is 6.35. The molecule has 0 saturated carbocycles. The van der Waals surface area contributed by atoms with Crippen molar-refractivity contribution in [3.8, 4) is 0 Å². The summed E-state index contributed by atoms with van der Waals surface area (Å²) in [5.74, 6) is 0.0533. The Hall–Kier alpha value is -1.26. The molecule has 21 heavy (non-hydrogen) atoms. The van der Waals surface area contributed by atoms with Crippen LogP contribution in [0.2, 0.25) is 5.02 Å². The van der Waals surface area contributed by atoms with E-state index in [1.165, 1.54) is 38.8 Å². The van der Waals surface area contributed by atoms with E-state index in [4.69, 9.17) is 11.6 Å². The number of nitrogens with one attached hydrogen (secondary N) is 2. The number of amides is 1. The fourth-order valence-electron chi connectivity index (χ4n) is 3.97. The molecule has 4 rings (SSSR count). The molecule has 1 aromatic carbocycles. The minimum Gasteiger partial charge on any atom is -0.379 e. The number of hydrogen-bond donors (Lipinski definition) is 2. The van der Waals surface area contributed by atoms with Crippen molar-refractivity contribution in [3.63, 3.8) is 0 Å². The Morgan fingerprint density at radius 2 is 2.14 bits per heavy atom. The Labute approximate surface area is 129 Å². The number of carbonyl (C=O) groups excluding carboxylic acids is 1. The van der Waals surface area contributed by atoms with Gasteiger partial charge < -0.3 is 10.6 Å². The first kappa shape index (κ1) is 13.4. The predicted molar refractivity (Wildman–Crippen MR) is 85.0 cm³/mol. The van der Waals surface area contributed by atoms with E-state index in [-0.39, 0.29) is 5.91 Å². The third kappa shape index (κ3) is 2.40.